The molecule has 90 valence electrons. The first-order valence-corrected chi connectivity index (χ1v) is 6.19. The summed E-state index contributed by atoms with van der Waals surface area (Å²) in [5.41, 5.74) is 0.655. The Balaban J connectivity index is 2.11. The second kappa shape index (κ2) is 5.37. The minimum atomic E-state index is -0.357. The number of rotatable bonds is 2. The SMILES string of the molecule is N#CC1CCCCC1Nc1cc(F)cc(Cl)c1. The molecule has 1 aromatic rings. The molecule has 17 heavy (non-hydrogen) atoms. The van der Waals surface area contributed by atoms with Gasteiger partial charge < -0.3 is 5.32 Å². The van der Waals surface area contributed by atoms with Gasteiger partial charge in [-0.15, -0.1) is 0 Å². The molecule has 1 fully saturated rings. The number of halogens is 2. The fraction of sp³-hybridized carbons (Fsp3) is 0.462. The summed E-state index contributed by atoms with van der Waals surface area (Å²) in [5, 5.41) is 12.6. The largest absolute Gasteiger partial charge is 0.381 e. The molecule has 0 bridgehead atoms. The Kier molecular flexibility index (Phi) is 3.86. The van der Waals surface area contributed by atoms with E-state index in [9.17, 15) is 4.39 Å². The van der Waals surface area contributed by atoms with Crippen LogP contribution in [0.25, 0.3) is 0 Å². The van der Waals surface area contributed by atoms with Crippen molar-refractivity contribution in [1.29, 1.82) is 5.26 Å². The molecule has 2 atom stereocenters. The Bertz CT molecular complexity index is 421. The van der Waals surface area contributed by atoms with Crippen LogP contribution in [-0.2, 0) is 0 Å². The third-order valence-corrected chi connectivity index (χ3v) is 3.36. The zero-order valence-corrected chi connectivity index (χ0v) is 10.2. The Hall–Kier alpha value is -1.27. The van der Waals surface area contributed by atoms with E-state index in [2.05, 4.69) is 11.4 Å². The lowest BCUT2D eigenvalue weighted by Gasteiger charge is -2.28. The van der Waals surface area contributed by atoms with E-state index in [1.165, 1.54) is 12.1 Å². The molecule has 1 aliphatic carbocycles. The molecule has 2 nitrogen and oxygen atoms in total. The number of nitriles is 1. The van der Waals surface area contributed by atoms with Gasteiger partial charge in [-0.1, -0.05) is 24.4 Å². The number of nitrogens with one attached hydrogen (secondary N) is 1. The van der Waals surface area contributed by atoms with E-state index in [1.54, 1.807) is 6.07 Å². The van der Waals surface area contributed by atoms with Crippen molar-refractivity contribution in [2.24, 2.45) is 5.92 Å². The van der Waals surface area contributed by atoms with E-state index in [-0.39, 0.29) is 17.8 Å². The van der Waals surface area contributed by atoms with E-state index in [1.807, 2.05) is 0 Å². The predicted molar refractivity (Wildman–Crippen MR) is 66.4 cm³/mol. The average molecular weight is 253 g/mol. The summed E-state index contributed by atoms with van der Waals surface area (Å²) in [6.07, 6.45) is 4.07. The van der Waals surface area contributed by atoms with E-state index < -0.39 is 0 Å². The predicted octanol–water partition coefficient (Wildman–Crippen LogP) is 3.97. The molecule has 4 heteroatoms. The maximum atomic E-state index is 13.2. The smallest absolute Gasteiger partial charge is 0.126 e. The number of nitrogens with zero attached hydrogens (tertiary/aromatic N) is 1. The summed E-state index contributed by atoms with van der Waals surface area (Å²) < 4.78 is 13.2. The van der Waals surface area contributed by atoms with Crippen molar-refractivity contribution in [2.45, 2.75) is 31.7 Å². The van der Waals surface area contributed by atoms with Crippen molar-refractivity contribution in [2.75, 3.05) is 5.32 Å². The molecule has 2 rings (SSSR count). The highest BCUT2D eigenvalue weighted by atomic mass is 35.5. The van der Waals surface area contributed by atoms with Gasteiger partial charge in [-0.05, 0) is 31.0 Å². The zero-order chi connectivity index (χ0) is 12.3. The molecule has 1 aromatic carbocycles. The summed E-state index contributed by atoms with van der Waals surface area (Å²) in [6, 6.07) is 6.79. The lowest BCUT2D eigenvalue weighted by molar-refractivity contribution is 0.388. The lowest BCUT2D eigenvalue weighted by Crippen LogP contribution is -2.31. The molecule has 0 amide bonds. The first kappa shape index (κ1) is 12.2. The lowest BCUT2D eigenvalue weighted by atomic mass is 9.85. The van der Waals surface area contributed by atoms with Crippen molar-refractivity contribution >= 4 is 17.3 Å². The van der Waals surface area contributed by atoms with Gasteiger partial charge in [-0.25, -0.2) is 4.39 Å². The van der Waals surface area contributed by atoms with Crippen molar-refractivity contribution in [3.8, 4) is 6.07 Å². The van der Waals surface area contributed by atoms with Gasteiger partial charge in [0.25, 0.3) is 0 Å². The van der Waals surface area contributed by atoms with Crippen LogP contribution in [0.4, 0.5) is 10.1 Å². The molecule has 2 unspecified atom stereocenters. The van der Waals surface area contributed by atoms with Crippen LogP contribution >= 0.6 is 11.6 Å². The number of anilines is 1. The zero-order valence-electron chi connectivity index (χ0n) is 9.42. The molecule has 0 aromatic heterocycles. The summed E-state index contributed by atoms with van der Waals surface area (Å²) in [5.74, 6) is -0.352. The van der Waals surface area contributed by atoms with Crippen LogP contribution in [0.15, 0.2) is 18.2 Å². The van der Waals surface area contributed by atoms with Gasteiger partial charge in [-0.3, -0.25) is 0 Å². The minimum Gasteiger partial charge on any atom is -0.381 e. The maximum Gasteiger partial charge on any atom is 0.126 e. The highest BCUT2D eigenvalue weighted by Crippen LogP contribution is 2.28. The molecular weight excluding hydrogens is 239 g/mol. The van der Waals surface area contributed by atoms with Gasteiger partial charge in [0, 0.05) is 16.8 Å². The first-order valence-electron chi connectivity index (χ1n) is 5.81. The van der Waals surface area contributed by atoms with Gasteiger partial charge in [0.1, 0.15) is 5.82 Å². The third kappa shape index (κ3) is 3.10. The van der Waals surface area contributed by atoms with Gasteiger partial charge in [-0.2, -0.15) is 5.26 Å². The van der Waals surface area contributed by atoms with Crippen molar-refractivity contribution < 1.29 is 4.39 Å². The van der Waals surface area contributed by atoms with E-state index in [0.717, 1.165) is 25.7 Å². The highest BCUT2D eigenvalue weighted by Gasteiger charge is 2.24. The van der Waals surface area contributed by atoms with E-state index in [0.29, 0.717) is 10.7 Å². The van der Waals surface area contributed by atoms with Crippen LogP contribution in [0.3, 0.4) is 0 Å². The van der Waals surface area contributed by atoms with Crippen LogP contribution in [0.5, 0.6) is 0 Å². The second-order valence-electron chi connectivity index (χ2n) is 4.43. The molecule has 1 N–H and O–H groups in total. The van der Waals surface area contributed by atoms with Crippen LogP contribution in [-0.4, -0.2) is 6.04 Å². The summed E-state index contributed by atoms with van der Waals surface area (Å²) in [4.78, 5) is 0. The number of hydrogen-bond donors (Lipinski definition) is 1. The van der Waals surface area contributed by atoms with Crippen molar-refractivity contribution in [1.82, 2.24) is 0 Å². The maximum absolute atomic E-state index is 13.2. The van der Waals surface area contributed by atoms with Gasteiger partial charge in [0.15, 0.2) is 0 Å². The minimum absolute atomic E-state index is 0.00536. The molecule has 0 radical (unpaired) electrons. The quantitative estimate of drug-likeness (QED) is 0.864. The van der Waals surface area contributed by atoms with Crippen molar-refractivity contribution in [3.05, 3.63) is 29.0 Å². The number of benzene rings is 1. The Labute approximate surface area is 105 Å². The topological polar surface area (TPSA) is 35.8 Å². The highest BCUT2D eigenvalue weighted by molar-refractivity contribution is 6.30. The second-order valence-corrected chi connectivity index (χ2v) is 4.87. The molecule has 0 saturated heterocycles. The van der Waals surface area contributed by atoms with E-state index >= 15 is 0 Å². The van der Waals surface area contributed by atoms with E-state index in [4.69, 9.17) is 16.9 Å². The van der Waals surface area contributed by atoms with Crippen LogP contribution < -0.4 is 5.32 Å². The van der Waals surface area contributed by atoms with Crippen LogP contribution in [0.1, 0.15) is 25.7 Å². The molecule has 1 saturated carbocycles. The normalized spacial score (nSPS) is 24.1. The fourth-order valence-corrected chi connectivity index (χ4v) is 2.53. The van der Waals surface area contributed by atoms with Crippen molar-refractivity contribution in [3.63, 3.8) is 0 Å². The van der Waals surface area contributed by atoms with Gasteiger partial charge in [0.2, 0.25) is 0 Å². The average Bonchev–Trinajstić information content (AvgIpc) is 2.28. The number of hydrogen-bond acceptors (Lipinski definition) is 2. The summed E-state index contributed by atoms with van der Waals surface area (Å²) in [6.45, 7) is 0. The Morgan fingerprint density at radius 1 is 1.29 bits per heavy atom. The third-order valence-electron chi connectivity index (χ3n) is 3.15. The summed E-state index contributed by atoms with van der Waals surface area (Å²) >= 11 is 5.79. The standard InChI is InChI=1S/C13H14ClFN2/c14-10-5-11(15)7-12(6-10)17-13-4-2-1-3-9(13)8-16/h5-7,9,13,17H,1-4H2. The molecule has 1 aliphatic rings. The Morgan fingerprint density at radius 3 is 2.76 bits per heavy atom. The molecular formula is C13H14ClFN2. The first-order chi connectivity index (χ1) is 8.19. The molecule has 0 heterocycles. The Morgan fingerprint density at radius 2 is 2.06 bits per heavy atom. The molecule has 0 aliphatic heterocycles. The summed E-state index contributed by atoms with van der Waals surface area (Å²) in [7, 11) is 0. The fourth-order valence-electron chi connectivity index (χ4n) is 2.31. The van der Waals surface area contributed by atoms with Gasteiger partial charge >= 0.3 is 0 Å². The van der Waals surface area contributed by atoms with Gasteiger partial charge in [0.05, 0.1) is 12.0 Å². The molecule has 0 spiro atoms. The van der Waals surface area contributed by atoms with Crippen LogP contribution in [0.2, 0.25) is 5.02 Å². The monoisotopic (exact) mass is 252 g/mol. The van der Waals surface area contributed by atoms with Crippen LogP contribution in [0, 0.1) is 23.1 Å².